The molecule has 0 bridgehead atoms. The maximum atomic E-state index is 14.3. The molecule has 0 amide bonds. The second-order valence-corrected chi connectivity index (χ2v) is 7.87. The molecule has 0 aromatic heterocycles. The van der Waals surface area contributed by atoms with Crippen LogP contribution in [0.25, 0.3) is 17.2 Å². The van der Waals surface area contributed by atoms with Crippen molar-refractivity contribution in [2.75, 3.05) is 0 Å². The summed E-state index contributed by atoms with van der Waals surface area (Å²) in [6.45, 7) is 5.78. The predicted molar refractivity (Wildman–Crippen MR) is 117 cm³/mol. The van der Waals surface area contributed by atoms with Crippen molar-refractivity contribution in [3.63, 3.8) is 0 Å². The summed E-state index contributed by atoms with van der Waals surface area (Å²) in [5, 5.41) is 0. The van der Waals surface area contributed by atoms with E-state index in [1.807, 2.05) is 12.1 Å². The van der Waals surface area contributed by atoms with Crippen molar-refractivity contribution in [1.29, 1.82) is 0 Å². The Balaban J connectivity index is 0.00000280. The molecule has 0 saturated heterocycles. The molecule has 1 aliphatic rings. The zero-order chi connectivity index (χ0) is 19.2. The van der Waals surface area contributed by atoms with Crippen LogP contribution in [0.2, 0.25) is 0 Å². The average molecular weight is 385 g/mol. The fourth-order valence-corrected chi connectivity index (χ4v) is 4.35. The van der Waals surface area contributed by atoms with Crippen molar-refractivity contribution in [2.24, 2.45) is 5.92 Å². The molecule has 1 aliphatic carbocycles. The highest BCUT2D eigenvalue weighted by molar-refractivity contribution is 5.67. The summed E-state index contributed by atoms with van der Waals surface area (Å²) < 4.78 is 28.4. The molecular weight excluding hydrogens is 350 g/mol. The zero-order valence-corrected chi connectivity index (χ0v) is 16.3. The number of rotatable bonds is 7. The molecule has 2 aromatic rings. The normalized spacial score (nSPS) is 19.1. The second-order valence-electron chi connectivity index (χ2n) is 7.87. The molecular formula is C26H34F2. The van der Waals surface area contributed by atoms with Crippen molar-refractivity contribution in [2.45, 2.75) is 71.6 Å². The summed E-state index contributed by atoms with van der Waals surface area (Å²) in [6, 6.07) is 11.2. The topological polar surface area (TPSA) is 0 Å². The minimum atomic E-state index is -0.826. The summed E-state index contributed by atoms with van der Waals surface area (Å²) in [7, 11) is 0. The van der Waals surface area contributed by atoms with Gasteiger partial charge in [-0.25, -0.2) is 8.78 Å². The lowest BCUT2D eigenvalue weighted by Crippen LogP contribution is -2.13. The van der Waals surface area contributed by atoms with Gasteiger partial charge >= 0.3 is 0 Å². The van der Waals surface area contributed by atoms with E-state index in [0.717, 1.165) is 11.5 Å². The highest BCUT2D eigenvalue weighted by Crippen LogP contribution is 2.38. The average Bonchev–Trinajstić information content (AvgIpc) is 2.71. The maximum absolute atomic E-state index is 14.3. The molecule has 0 nitrogen and oxygen atoms in total. The van der Waals surface area contributed by atoms with Gasteiger partial charge in [-0.15, -0.1) is 0 Å². The van der Waals surface area contributed by atoms with Crippen LogP contribution in [0.4, 0.5) is 8.78 Å². The largest absolute Gasteiger partial charge is 0.203 e. The minimum Gasteiger partial charge on any atom is -0.203 e. The second kappa shape index (κ2) is 10.5. The Bertz CT molecular complexity index is 753. The number of benzene rings is 2. The van der Waals surface area contributed by atoms with Crippen molar-refractivity contribution >= 4 is 6.08 Å². The third-order valence-corrected chi connectivity index (χ3v) is 6.09. The molecule has 0 heterocycles. The predicted octanol–water partition coefficient (Wildman–Crippen LogP) is 8.77. The van der Waals surface area contributed by atoms with E-state index in [0.29, 0.717) is 11.5 Å². The lowest BCUT2D eigenvalue weighted by atomic mass is 9.77. The van der Waals surface area contributed by atoms with Crippen LogP contribution in [-0.4, -0.2) is 0 Å². The first-order valence-corrected chi connectivity index (χ1v) is 10.3. The Hall–Kier alpha value is -1.96. The minimum absolute atomic E-state index is 0. The number of hydrogen-bond acceptors (Lipinski definition) is 0. The molecule has 2 aromatic carbocycles. The van der Waals surface area contributed by atoms with Gasteiger partial charge in [-0.3, -0.25) is 0 Å². The van der Waals surface area contributed by atoms with Crippen LogP contribution in [0.3, 0.4) is 0 Å². The first-order chi connectivity index (χ1) is 13.1. The van der Waals surface area contributed by atoms with E-state index < -0.39 is 11.6 Å². The number of halogens is 2. The quantitative estimate of drug-likeness (QED) is 0.418. The van der Waals surface area contributed by atoms with Crippen molar-refractivity contribution in [3.05, 3.63) is 65.7 Å². The molecule has 2 heteroatoms. The highest BCUT2D eigenvalue weighted by atomic mass is 19.2. The summed E-state index contributed by atoms with van der Waals surface area (Å²) in [4.78, 5) is 0. The SMILES string of the molecule is C.C=Cc1ccc(-c2ccc(C3CCC(CCCCC)CC3)cc2)c(F)c1F. The monoisotopic (exact) mass is 384 g/mol. The molecule has 0 aliphatic heterocycles. The zero-order valence-electron chi connectivity index (χ0n) is 16.3. The maximum Gasteiger partial charge on any atom is 0.167 e. The van der Waals surface area contributed by atoms with Gasteiger partial charge in [-0.1, -0.05) is 89.1 Å². The van der Waals surface area contributed by atoms with Gasteiger partial charge in [-0.05, 0) is 48.6 Å². The van der Waals surface area contributed by atoms with Gasteiger partial charge in [0, 0.05) is 11.1 Å². The van der Waals surface area contributed by atoms with Crippen LogP contribution >= 0.6 is 0 Å². The van der Waals surface area contributed by atoms with E-state index in [-0.39, 0.29) is 13.0 Å². The fraction of sp³-hybridized carbons (Fsp3) is 0.462. The van der Waals surface area contributed by atoms with Gasteiger partial charge < -0.3 is 0 Å². The Kier molecular flexibility index (Phi) is 8.41. The van der Waals surface area contributed by atoms with Gasteiger partial charge in [0.05, 0.1) is 0 Å². The van der Waals surface area contributed by atoms with Gasteiger partial charge in [-0.2, -0.15) is 0 Å². The molecule has 1 saturated carbocycles. The van der Waals surface area contributed by atoms with Gasteiger partial charge in [0.2, 0.25) is 0 Å². The van der Waals surface area contributed by atoms with Crippen LogP contribution in [-0.2, 0) is 0 Å². The smallest absolute Gasteiger partial charge is 0.167 e. The van der Waals surface area contributed by atoms with Gasteiger partial charge in [0.1, 0.15) is 0 Å². The Morgan fingerprint density at radius 2 is 1.61 bits per heavy atom. The lowest BCUT2D eigenvalue weighted by Gasteiger charge is -2.29. The summed E-state index contributed by atoms with van der Waals surface area (Å²) in [6.07, 6.45) is 11.9. The van der Waals surface area contributed by atoms with Crippen LogP contribution in [0.1, 0.15) is 82.8 Å². The number of hydrogen-bond donors (Lipinski definition) is 0. The van der Waals surface area contributed by atoms with E-state index in [4.69, 9.17) is 0 Å². The third kappa shape index (κ3) is 5.10. The molecule has 1 fully saturated rings. The van der Waals surface area contributed by atoms with Crippen molar-refractivity contribution < 1.29 is 8.78 Å². The molecule has 3 rings (SSSR count). The van der Waals surface area contributed by atoms with Crippen molar-refractivity contribution in [1.82, 2.24) is 0 Å². The standard InChI is InChI=1S/C25H30F2.CH4/c1-3-5-6-7-18-8-10-20(11-9-18)21-12-14-22(15-13-21)23-17-16-19(4-2)24(26)25(23)27;/h4,12-18,20H,2-3,5-11H2,1H3;1H4. The summed E-state index contributed by atoms with van der Waals surface area (Å²) >= 11 is 0. The molecule has 28 heavy (non-hydrogen) atoms. The third-order valence-electron chi connectivity index (χ3n) is 6.09. The lowest BCUT2D eigenvalue weighted by molar-refractivity contribution is 0.303. The van der Waals surface area contributed by atoms with Crippen LogP contribution in [0.5, 0.6) is 0 Å². The van der Waals surface area contributed by atoms with E-state index in [9.17, 15) is 8.78 Å². The van der Waals surface area contributed by atoms with E-state index in [2.05, 4.69) is 25.6 Å². The molecule has 152 valence electrons. The molecule has 0 N–H and O–H groups in total. The van der Waals surface area contributed by atoms with Crippen LogP contribution < -0.4 is 0 Å². The number of unbranched alkanes of at least 4 members (excludes halogenated alkanes) is 2. The fourth-order valence-electron chi connectivity index (χ4n) is 4.35. The Morgan fingerprint density at radius 1 is 0.929 bits per heavy atom. The highest BCUT2D eigenvalue weighted by Gasteiger charge is 2.22. The Labute approximate surface area is 169 Å². The van der Waals surface area contributed by atoms with E-state index in [1.165, 1.54) is 63.0 Å². The summed E-state index contributed by atoms with van der Waals surface area (Å²) in [5.74, 6) is -0.126. The van der Waals surface area contributed by atoms with Crippen LogP contribution in [0, 0.1) is 17.6 Å². The molecule has 0 unspecified atom stereocenters. The first-order valence-electron chi connectivity index (χ1n) is 10.3. The van der Waals surface area contributed by atoms with Crippen molar-refractivity contribution in [3.8, 4) is 11.1 Å². The first kappa shape index (κ1) is 22.3. The Morgan fingerprint density at radius 3 is 2.21 bits per heavy atom. The molecule has 0 spiro atoms. The van der Waals surface area contributed by atoms with Crippen LogP contribution in [0.15, 0.2) is 43.0 Å². The molecule has 0 atom stereocenters. The van der Waals surface area contributed by atoms with Gasteiger partial charge in [0.25, 0.3) is 0 Å². The van der Waals surface area contributed by atoms with Gasteiger partial charge in [0.15, 0.2) is 11.6 Å². The summed E-state index contributed by atoms with van der Waals surface area (Å²) in [5.41, 5.74) is 2.56. The molecule has 0 radical (unpaired) electrons. The van der Waals surface area contributed by atoms with E-state index in [1.54, 1.807) is 12.1 Å². The van der Waals surface area contributed by atoms with E-state index >= 15 is 0 Å².